The Kier molecular flexibility index (Phi) is 6.72. The summed E-state index contributed by atoms with van der Waals surface area (Å²) in [4.78, 5) is 24.8. The van der Waals surface area contributed by atoms with E-state index in [9.17, 15) is 22.8 Å². The second-order valence-corrected chi connectivity index (χ2v) is 7.83. The van der Waals surface area contributed by atoms with Gasteiger partial charge >= 0.3 is 18.3 Å². The average molecular weight is 489 g/mol. The van der Waals surface area contributed by atoms with Crippen LogP contribution in [-0.4, -0.2) is 25.3 Å². The third-order valence-electron chi connectivity index (χ3n) is 5.49. The van der Waals surface area contributed by atoms with Crippen LogP contribution in [0.4, 0.5) is 18.0 Å². The number of alkyl halides is 3. The predicted octanol–water partition coefficient (Wildman–Crippen LogP) is 5.19. The van der Waals surface area contributed by atoms with Gasteiger partial charge in [-0.25, -0.2) is 9.59 Å². The van der Waals surface area contributed by atoms with Crippen molar-refractivity contribution < 1.29 is 41.7 Å². The van der Waals surface area contributed by atoms with Gasteiger partial charge in [0.1, 0.15) is 24.7 Å². The van der Waals surface area contributed by atoms with E-state index >= 15 is 0 Å². The fraction of sp³-hybridized carbons (Fsp3) is 0.280. The zero-order valence-corrected chi connectivity index (χ0v) is 18.9. The van der Waals surface area contributed by atoms with Gasteiger partial charge in [0.05, 0.1) is 35.1 Å². The molecule has 0 saturated carbocycles. The quantitative estimate of drug-likeness (QED) is 0.560. The predicted molar refractivity (Wildman–Crippen MR) is 117 cm³/mol. The SMILES string of the molecule is CCOC(=O)OC1=C(C)NC2=C(C(=O)OC2)C1c1ccccc1OCc1cccc(C(F)(F)F)c1. The molecule has 0 fully saturated rings. The molecule has 184 valence electrons. The van der Waals surface area contributed by atoms with Gasteiger partial charge in [0, 0.05) is 5.56 Å². The summed E-state index contributed by atoms with van der Waals surface area (Å²) in [6, 6.07) is 11.6. The highest BCUT2D eigenvalue weighted by molar-refractivity contribution is 5.95. The lowest BCUT2D eigenvalue weighted by atomic mass is 9.85. The Balaban J connectivity index is 1.69. The van der Waals surface area contributed by atoms with Crippen LogP contribution in [0.5, 0.6) is 5.75 Å². The summed E-state index contributed by atoms with van der Waals surface area (Å²) in [6.45, 7) is 3.28. The van der Waals surface area contributed by atoms with E-state index in [-0.39, 0.29) is 31.2 Å². The van der Waals surface area contributed by atoms with Crippen LogP contribution in [0.2, 0.25) is 0 Å². The van der Waals surface area contributed by atoms with Crippen LogP contribution in [0.25, 0.3) is 0 Å². The minimum absolute atomic E-state index is 0.0297. The lowest BCUT2D eigenvalue weighted by Crippen LogP contribution is -2.28. The van der Waals surface area contributed by atoms with Gasteiger partial charge in [0.15, 0.2) is 0 Å². The molecule has 2 heterocycles. The zero-order valence-electron chi connectivity index (χ0n) is 18.9. The van der Waals surface area contributed by atoms with E-state index < -0.39 is 29.8 Å². The fourth-order valence-electron chi connectivity index (χ4n) is 3.97. The maximum Gasteiger partial charge on any atom is 0.513 e. The molecule has 1 atom stereocenters. The molecule has 0 radical (unpaired) electrons. The van der Waals surface area contributed by atoms with Crippen LogP contribution in [0, 0.1) is 0 Å². The third kappa shape index (κ3) is 5.11. The van der Waals surface area contributed by atoms with E-state index in [2.05, 4.69) is 5.32 Å². The summed E-state index contributed by atoms with van der Waals surface area (Å²) in [5.74, 6) is -0.997. The summed E-state index contributed by atoms with van der Waals surface area (Å²) in [6.07, 6.45) is -5.41. The van der Waals surface area contributed by atoms with Gasteiger partial charge in [-0.1, -0.05) is 30.3 Å². The Hall–Kier alpha value is -3.95. The first-order valence-corrected chi connectivity index (χ1v) is 10.8. The topological polar surface area (TPSA) is 83.1 Å². The molecule has 0 aromatic heterocycles. The van der Waals surface area contributed by atoms with E-state index in [1.54, 1.807) is 38.1 Å². The summed E-state index contributed by atoms with van der Waals surface area (Å²) in [5.41, 5.74) is 1.28. The van der Waals surface area contributed by atoms with Crippen LogP contribution in [0.1, 0.15) is 36.5 Å². The van der Waals surface area contributed by atoms with Crippen molar-refractivity contribution in [3.63, 3.8) is 0 Å². The number of dihydropyridines is 1. The normalized spacial score (nSPS) is 17.5. The number of carbonyl (C=O) groups is 2. The monoisotopic (exact) mass is 489 g/mol. The second kappa shape index (κ2) is 9.73. The molecular formula is C25H22F3NO6. The number of nitrogens with one attached hydrogen (secondary N) is 1. The number of cyclic esters (lactones) is 1. The molecule has 1 unspecified atom stereocenters. The summed E-state index contributed by atoms with van der Waals surface area (Å²) >= 11 is 0. The van der Waals surface area contributed by atoms with Crippen molar-refractivity contribution in [3.05, 3.63) is 87.9 Å². The lowest BCUT2D eigenvalue weighted by Gasteiger charge is -2.28. The van der Waals surface area contributed by atoms with Crippen molar-refractivity contribution in [2.75, 3.05) is 13.2 Å². The smallest absolute Gasteiger partial charge is 0.489 e. The van der Waals surface area contributed by atoms with Crippen molar-refractivity contribution in [3.8, 4) is 5.75 Å². The Morgan fingerprint density at radius 2 is 1.94 bits per heavy atom. The second-order valence-electron chi connectivity index (χ2n) is 7.83. The van der Waals surface area contributed by atoms with E-state index in [0.29, 0.717) is 28.3 Å². The molecule has 4 rings (SSSR count). The van der Waals surface area contributed by atoms with E-state index in [1.165, 1.54) is 12.1 Å². The molecule has 2 aliphatic rings. The highest BCUT2D eigenvalue weighted by Gasteiger charge is 2.42. The standard InChI is InChI=1S/C25H22F3NO6/c1-3-32-24(31)35-22-14(2)29-18-13-34-23(30)21(18)20(22)17-9-4-5-10-19(17)33-12-15-7-6-8-16(11-15)25(26,27)28/h4-11,20,29H,3,12-13H2,1-2H3. The molecule has 10 heteroatoms. The Morgan fingerprint density at radius 1 is 1.17 bits per heavy atom. The molecule has 0 aliphatic carbocycles. The van der Waals surface area contributed by atoms with Crippen LogP contribution in [-0.2, 0) is 31.8 Å². The van der Waals surface area contributed by atoms with Crippen molar-refractivity contribution in [2.45, 2.75) is 32.5 Å². The van der Waals surface area contributed by atoms with Crippen molar-refractivity contribution in [2.24, 2.45) is 0 Å². The first-order chi connectivity index (χ1) is 16.7. The zero-order chi connectivity index (χ0) is 25.2. The van der Waals surface area contributed by atoms with Gasteiger partial charge < -0.3 is 24.3 Å². The number of rotatable bonds is 6. The van der Waals surface area contributed by atoms with Gasteiger partial charge in [-0.2, -0.15) is 13.2 Å². The number of para-hydroxylation sites is 1. The van der Waals surface area contributed by atoms with Gasteiger partial charge in [-0.15, -0.1) is 0 Å². The van der Waals surface area contributed by atoms with E-state index in [0.717, 1.165) is 12.1 Å². The molecule has 0 spiro atoms. The molecule has 2 aromatic carbocycles. The fourth-order valence-corrected chi connectivity index (χ4v) is 3.97. The van der Waals surface area contributed by atoms with Crippen molar-refractivity contribution >= 4 is 12.1 Å². The molecule has 2 aliphatic heterocycles. The van der Waals surface area contributed by atoms with Gasteiger partial charge in [-0.3, -0.25) is 0 Å². The van der Waals surface area contributed by atoms with Crippen LogP contribution in [0.15, 0.2) is 71.3 Å². The number of carbonyl (C=O) groups excluding carboxylic acids is 2. The first kappa shape index (κ1) is 24.2. The van der Waals surface area contributed by atoms with E-state index in [4.69, 9.17) is 18.9 Å². The number of hydrogen-bond acceptors (Lipinski definition) is 7. The molecular weight excluding hydrogens is 467 g/mol. The number of halogens is 3. The Labute approximate surface area is 199 Å². The largest absolute Gasteiger partial charge is 0.513 e. The number of allylic oxidation sites excluding steroid dienone is 2. The van der Waals surface area contributed by atoms with Gasteiger partial charge in [0.2, 0.25) is 0 Å². The summed E-state index contributed by atoms with van der Waals surface area (Å²) < 4.78 is 60.7. The summed E-state index contributed by atoms with van der Waals surface area (Å²) in [7, 11) is 0. The maximum absolute atomic E-state index is 13.1. The van der Waals surface area contributed by atoms with Crippen molar-refractivity contribution in [1.29, 1.82) is 0 Å². The molecule has 35 heavy (non-hydrogen) atoms. The highest BCUT2D eigenvalue weighted by Crippen LogP contribution is 2.44. The maximum atomic E-state index is 13.1. The highest BCUT2D eigenvalue weighted by atomic mass is 19.4. The number of esters is 1. The minimum Gasteiger partial charge on any atom is -0.489 e. The molecule has 1 N–H and O–H groups in total. The molecule has 0 amide bonds. The number of benzene rings is 2. The summed E-state index contributed by atoms with van der Waals surface area (Å²) in [5, 5.41) is 3.04. The molecule has 0 bridgehead atoms. The third-order valence-corrected chi connectivity index (χ3v) is 5.49. The molecule has 2 aromatic rings. The van der Waals surface area contributed by atoms with Gasteiger partial charge in [0.25, 0.3) is 0 Å². The number of hydrogen-bond donors (Lipinski definition) is 1. The Bertz CT molecular complexity index is 1220. The van der Waals surface area contributed by atoms with Crippen LogP contribution in [0.3, 0.4) is 0 Å². The lowest BCUT2D eigenvalue weighted by molar-refractivity contribution is -0.138. The van der Waals surface area contributed by atoms with E-state index in [1.807, 2.05) is 0 Å². The number of ether oxygens (including phenoxy) is 4. The first-order valence-electron chi connectivity index (χ1n) is 10.8. The minimum atomic E-state index is -4.48. The van der Waals surface area contributed by atoms with Crippen LogP contribution < -0.4 is 10.1 Å². The average Bonchev–Trinajstić information content (AvgIpc) is 3.18. The van der Waals surface area contributed by atoms with Gasteiger partial charge in [-0.05, 0) is 37.6 Å². The van der Waals surface area contributed by atoms with Crippen molar-refractivity contribution in [1.82, 2.24) is 5.32 Å². The molecule has 7 nitrogen and oxygen atoms in total. The van der Waals surface area contributed by atoms with Crippen LogP contribution >= 0.6 is 0 Å². The Morgan fingerprint density at radius 3 is 2.69 bits per heavy atom. The molecule has 0 saturated heterocycles.